The lowest BCUT2D eigenvalue weighted by atomic mass is 10.2. The number of aromatic amines is 1. The third-order valence-corrected chi connectivity index (χ3v) is 3.79. The monoisotopic (exact) mass is 272 g/mol. The zero-order valence-electron chi connectivity index (χ0n) is 10.5. The van der Waals surface area contributed by atoms with Crippen LogP contribution in [-0.2, 0) is 7.05 Å². The van der Waals surface area contributed by atoms with E-state index in [2.05, 4.69) is 15.1 Å². The smallest absolute Gasteiger partial charge is 0.260 e. The van der Waals surface area contributed by atoms with Gasteiger partial charge in [0, 0.05) is 18.8 Å². The Morgan fingerprint density at radius 2 is 2.26 bits per heavy atom. The number of hydrogen-bond acceptors (Lipinski definition) is 4. The van der Waals surface area contributed by atoms with Crippen LogP contribution in [0.3, 0.4) is 0 Å². The van der Waals surface area contributed by atoms with E-state index < -0.39 is 0 Å². The maximum Gasteiger partial charge on any atom is 0.260 e. The molecule has 96 valence electrons. The number of thiophene rings is 1. The van der Waals surface area contributed by atoms with Crippen molar-refractivity contribution in [1.29, 1.82) is 0 Å². The maximum absolute atomic E-state index is 12.0. The minimum Gasteiger partial charge on any atom is -0.306 e. The average Bonchev–Trinajstić information content (AvgIpc) is 2.94. The van der Waals surface area contributed by atoms with Gasteiger partial charge in [0.1, 0.15) is 10.7 Å². The van der Waals surface area contributed by atoms with Crippen molar-refractivity contribution in [3.8, 4) is 0 Å². The molecule has 0 saturated carbocycles. The van der Waals surface area contributed by atoms with Gasteiger partial charge in [-0.15, -0.1) is 11.3 Å². The van der Waals surface area contributed by atoms with Crippen LogP contribution in [0.5, 0.6) is 0 Å². The van der Waals surface area contributed by atoms with Crippen molar-refractivity contribution in [3.63, 3.8) is 0 Å². The van der Waals surface area contributed by atoms with Crippen molar-refractivity contribution in [2.75, 3.05) is 0 Å². The first kappa shape index (κ1) is 11.9. The molecule has 5 nitrogen and oxygen atoms in total. The fraction of sp³-hybridized carbons (Fsp3) is 0.154. The molecule has 0 bridgehead atoms. The van der Waals surface area contributed by atoms with Gasteiger partial charge in [-0.1, -0.05) is 0 Å². The SMILES string of the molecule is Cc1csc2nc(C=Cc3cnn(C)c3)[nH]c(=O)c12. The van der Waals surface area contributed by atoms with Gasteiger partial charge >= 0.3 is 0 Å². The molecule has 1 N–H and O–H groups in total. The highest BCUT2D eigenvalue weighted by molar-refractivity contribution is 7.16. The van der Waals surface area contributed by atoms with Crippen molar-refractivity contribution in [3.05, 3.63) is 45.1 Å². The molecule has 0 radical (unpaired) electrons. The topological polar surface area (TPSA) is 63.6 Å². The molecule has 0 atom stereocenters. The van der Waals surface area contributed by atoms with Crippen LogP contribution in [-0.4, -0.2) is 19.7 Å². The first-order chi connectivity index (χ1) is 9.13. The molecule has 0 aliphatic carbocycles. The van der Waals surface area contributed by atoms with E-state index in [0.29, 0.717) is 11.2 Å². The van der Waals surface area contributed by atoms with Crippen molar-refractivity contribution in [2.45, 2.75) is 6.92 Å². The third kappa shape index (κ3) is 2.22. The Kier molecular flexibility index (Phi) is 2.79. The lowest BCUT2D eigenvalue weighted by Gasteiger charge is -1.94. The highest BCUT2D eigenvalue weighted by Gasteiger charge is 2.06. The molecular weight excluding hydrogens is 260 g/mol. The van der Waals surface area contributed by atoms with Crippen LogP contribution in [0.1, 0.15) is 17.0 Å². The number of rotatable bonds is 2. The largest absolute Gasteiger partial charge is 0.306 e. The second kappa shape index (κ2) is 4.47. The molecule has 3 rings (SSSR count). The van der Waals surface area contributed by atoms with Gasteiger partial charge < -0.3 is 4.98 Å². The molecule has 3 heterocycles. The van der Waals surface area contributed by atoms with Crippen LogP contribution in [0.2, 0.25) is 0 Å². The van der Waals surface area contributed by atoms with E-state index in [1.807, 2.05) is 31.6 Å². The van der Waals surface area contributed by atoms with Gasteiger partial charge in [0.25, 0.3) is 5.56 Å². The van der Waals surface area contributed by atoms with E-state index in [4.69, 9.17) is 0 Å². The number of aryl methyl sites for hydroxylation is 2. The first-order valence-corrected chi connectivity index (χ1v) is 6.66. The number of hydrogen-bond donors (Lipinski definition) is 1. The number of fused-ring (bicyclic) bond motifs is 1. The van der Waals surface area contributed by atoms with Gasteiger partial charge in [-0.3, -0.25) is 9.48 Å². The minimum absolute atomic E-state index is 0.0883. The molecule has 0 spiro atoms. The predicted octanol–water partition coefficient (Wildman–Crippen LogP) is 2.20. The molecule has 0 amide bonds. The predicted molar refractivity (Wildman–Crippen MR) is 77.1 cm³/mol. The molecule has 3 aromatic heterocycles. The van der Waals surface area contributed by atoms with E-state index in [1.54, 1.807) is 17.0 Å². The van der Waals surface area contributed by atoms with Crippen LogP contribution in [0, 0.1) is 6.92 Å². The Bertz CT molecular complexity index is 825. The maximum atomic E-state index is 12.0. The van der Waals surface area contributed by atoms with Crippen molar-refractivity contribution >= 4 is 33.7 Å². The summed E-state index contributed by atoms with van der Waals surface area (Å²) in [4.78, 5) is 19.9. The van der Waals surface area contributed by atoms with Crippen LogP contribution >= 0.6 is 11.3 Å². The normalized spacial score (nSPS) is 11.7. The Balaban J connectivity index is 2.02. The van der Waals surface area contributed by atoms with E-state index >= 15 is 0 Å². The third-order valence-electron chi connectivity index (χ3n) is 2.80. The fourth-order valence-electron chi connectivity index (χ4n) is 1.89. The number of aromatic nitrogens is 4. The Morgan fingerprint density at radius 1 is 1.42 bits per heavy atom. The zero-order valence-corrected chi connectivity index (χ0v) is 11.4. The standard InChI is InChI=1S/C13H12N4OS/c1-8-7-19-13-11(8)12(18)15-10(16-13)4-3-9-5-14-17(2)6-9/h3-7H,1-2H3,(H,15,16,18). The molecule has 0 aliphatic rings. The summed E-state index contributed by atoms with van der Waals surface area (Å²) in [5.41, 5.74) is 1.85. The Labute approximate surface area is 113 Å². The lowest BCUT2D eigenvalue weighted by Crippen LogP contribution is -2.08. The van der Waals surface area contributed by atoms with Gasteiger partial charge in [0.2, 0.25) is 0 Å². The summed E-state index contributed by atoms with van der Waals surface area (Å²) in [6, 6.07) is 0. The van der Waals surface area contributed by atoms with E-state index in [1.165, 1.54) is 11.3 Å². The summed E-state index contributed by atoms with van der Waals surface area (Å²) in [7, 11) is 1.86. The Hall–Kier alpha value is -2.21. The van der Waals surface area contributed by atoms with Crippen molar-refractivity contribution in [2.24, 2.45) is 7.05 Å². The zero-order chi connectivity index (χ0) is 13.4. The summed E-state index contributed by atoms with van der Waals surface area (Å²) in [6.45, 7) is 1.92. The summed E-state index contributed by atoms with van der Waals surface area (Å²) >= 11 is 1.49. The highest BCUT2D eigenvalue weighted by atomic mass is 32.1. The molecule has 3 aromatic rings. The van der Waals surface area contributed by atoms with Gasteiger partial charge in [-0.25, -0.2) is 4.98 Å². The van der Waals surface area contributed by atoms with Crippen LogP contribution in [0.15, 0.2) is 22.6 Å². The molecule has 0 unspecified atom stereocenters. The van der Waals surface area contributed by atoms with Crippen molar-refractivity contribution in [1.82, 2.24) is 19.7 Å². The molecule has 0 aliphatic heterocycles. The highest BCUT2D eigenvalue weighted by Crippen LogP contribution is 2.20. The summed E-state index contributed by atoms with van der Waals surface area (Å²) in [5, 5.41) is 6.70. The summed E-state index contributed by atoms with van der Waals surface area (Å²) < 4.78 is 1.72. The molecule has 6 heteroatoms. The molecule has 19 heavy (non-hydrogen) atoms. The molecule has 0 fully saturated rings. The number of nitrogens with one attached hydrogen (secondary N) is 1. The second-order valence-corrected chi connectivity index (χ2v) is 5.19. The second-order valence-electron chi connectivity index (χ2n) is 4.33. The van der Waals surface area contributed by atoms with Crippen LogP contribution in [0.4, 0.5) is 0 Å². The minimum atomic E-state index is -0.0883. The molecule has 0 saturated heterocycles. The lowest BCUT2D eigenvalue weighted by molar-refractivity contribution is 0.767. The van der Waals surface area contributed by atoms with E-state index in [9.17, 15) is 4.79 Å². The van der Waals surface area contributed by atoms with Gasteiger partial charge in [0.05, 0.1) is 11.6 Å². The summed E-state index contributed by atoms with van der Waals surface area (Å²) in [5.74, 6) is 0.559. The van der Waals surface area contributed by atoms with E-state index in [0.717, 1.165) is 16.0 Å². The number of nitrogens with zero attached hydrogens (tertiary/aromatic N) is 3. The quantitative estimate of drug-likeness (QED) is 0.778. The number of H-pyrrole nitrogens is 1. The summed E-state index contributed by atoms with van der Waals surface area (Å²) in [6.07, 6.45) is 7.30. The fourth-order valence-corrected chi connectivity index (χ4v) is 2.81. The molecule has 0 aromatic carbocycles. The molecular formula is C13H12N4OS. The van der Waals surface area contributed by atoms with E-state index in [-0.39, 0.29) is 5.56 Å². The average molecular weight is 272 g/mol. The van der Waals surface area contributed by atoms with Crippen LogP contribution < -0.4 is 5.56 Å². The van der Waals surface area contributed by atoms with Crippen molar-refractivity contribution < 1.29 is 0 Å². The van der Waals surface area contributed by atoms with Gasteiger partial charge in [0.15, 0.2) is 0 Å². The van der Waals surface area contributed by atoms with Gasteiger partial charge in [-0.2, -0.15) is 5.10 Å². The first-order valence-electron chi connectivity index (χ1n) is 5.78. The van der Waals surface area contributed by atoms with Crippen LogP contribution in [0.25, 0.3) is 22.4 Å². The van der Waals surface area contributed by atoms with Gasteiger partial charge in [-0.05, 0) is 30.0 Å². The Morgan fingerprint density at radius 3 is 3.00 bits per heavy atom.